The van der Waals surface area contributed by atoms with E-state index in [0.717, 1.165) is 0 Å². The topological polar surface area (TPSA) is 411 Å². The van der Waals surface area contributed by atoms with Gasteiger partial charge in [-0.1, -0.05) is 0 Å². The maximum absolute atomic E-state index is 13.0. The Hall–Kier alpha value is -5.90. The monoisotopic (exact) mass is 1360 g/mol. The highest BCUT2D eigenvalue weighted by molar-refractivity contribution is 5.80. The second-order valence-corrected chi connectivity index (χ2v) is 20.6. The number of ether oxygens (including phenoxy) is 12. The molecule has 0 aliphatic carbocycles. The molecule has 0 aromatic heterocycles. The fourth-order valence-electron chi connectivity index (χ4n) is 7.57. The number of amides is 10. The molecule has 0 radical (unpaired) electrons. The zero-order chi connectivity index (χ0) is 69.2. The summed E-state index contributed by atoms with van der Waals surface area (Å²) in [7, 11) is 8.06. The van der Waals surface area contributed by atoms with Gasteiger partial charge in [-0.15, -0.1) is 0 Å². The first-order valence-electron chi connectivity index (χ1n) is 32.0. The van der Waals surface area contributed by atoms with Crippen molar-refractivity contribution in [3.05, 3.63) is 0 Å². The minimum atomic E-state index is -0.344. The van der Waals surface area contributed by atoms with Crippen molar-refractivity contribution >= 4 is 59.1 Å². The summed E-state index contributed by atoms with van der Waals surface area (Å²) in [6.07, 6.45) is 0.550. The van der Waals surface area contributed by atoms with Crippen LogP contribution in [0.4, 0.5) is 0 Å². The van der Waals surface area contributed by atoms with E-state index >= 15 is 0 Å². The second-order valence-electron chi connectivity index (χ2n) is 20.6. The molecule has 0 rings (SSSR count). The van der Waals surface area contributed by atoms with Crippen LogP contribution < -0.4 is 53.2 Å². The molecule has 0 aliphatic rings. The summed E-state index contributed by atoms with van der Waals surface area (Å²) in [5.74, 6) is -2.98. The molecule has 94 heavy (non-hydrogen) atoms. The SMILES string of the molecule is COCCOCCOCC(=O)NCCNC(=O)CCN(CCNC(=O)CCN(C)CCC(=O)NCCN(CCC(=O)NCCNC(=O)COCCOCCOC)CCC(=O)NCCNC(=O)COCCOCCOC)CCC(=O)NCCNC(=O)COCCOCCOC. The Morgan fingerprint density at radius 2 is 0.404 bits per heavy atom. The summed E-state index contributed by atoms with van der Waals surface area (Å²) in [5, 5.41) is 27.5. The predicted octanol–water partition coefficient (Wildman–Crippen LogP) is -6.26. The van der Waals surface area contributed by atoms with E-state index in [1.807, 2.05) is 14.7 Å². The molecule has 0 saturated carbocycles. The van der Waals surface area contributed by atoms with Crippen molar-refractivity contribution in [2.45, 2.75) is 38.5 Å². The van der Waals surface area contributed by atoms with Crippen molar-refractivity contribution in [3.63, 3.8) is 0 Å². The summed E-state index contributed by atoms with van der Waals surface area (Å²) >= 11 is 0. The zero-order valence-corrected chi connectivity index (χ0v) is 56.4. The minimum Gasteiger partial charge on any atom is -0.382 e. The highest BCUT2D eigenvalue weighted by Gasteiger charge is 2.16. The first-order chi connectivity index (χ1) is 45.6. The number of nitrogens with zero attached hydrogens (tertiary/aromatic N) is 3. The Kier molecular flexibility index (Phi) is 61.6. The molecule has 0 saturated heterocycles. The smallest absolute Gasteiger partial charge is 0.246 e. The van der Waals surface area contributed by atoms with E-state index in [4.69, 9.17) is 56.8 Å². The first-order valence-corrected chi connectivity index (χ1v) is 32.0. The van der Waals surface area contributed by atoms with Crippen molar-refractivity contribution in [1.29, 1.82) is 0 Å². The number of methoxy groups -OCH3 is 4. The van der Waals surface area contributed by atoms with Gasteiger partial charge in [0.15, 0.2) is 0 Å². The Morgan fingerprint density at radius 1 is 0.223 bits per heavy atom. The maximum atomic E-state index is 13.0. The van der Waals surface area contributed by atoms with Gasteiger partial charge in [-0.2, -0.15) is 0 Å². The molecule has 0 aromatic rings. The molecule has 0 heterocycles. The van der Waals surface area contributed by atoms with Crippen molar-refractivity contribution in [3.8, 4) is 0 Å². The van der Waals surface area contributed by atoms with Crippen LogP contribution >= 0.6 is 0 Å². The molecule has 35 nitrogen and oxygen atoms in total. The Labute approximate surface area is 554 Å². The van der Waals surface area contributed by atoms with E-state index in [0.29, 0.717) is 105 Å². The second kappa shape index (κ2) is 65.7. The van der Waals surface area contributed by atoms with E-state index in [1.54, 1.807) is 35.5 Å². The molecule has 10 N–H and O–H groups in total. The number of carbonyl (C=O) groups is 10. The molecule has 0 bridgehead atoms. The third-order valence-corrected chi connectivity index (χ3v) is 12.8. The van der Waals surface area contributed by atoms with Gasteiger partial charge in [0.2, 0.25) is 59.1 Å². The van der Waals surface area contributed by atoms with Gasteiger partial charge in [-0.3, -0.25) is 47.9 Å². The number of nitrogens with one attached hydrogen (secondary N) is 10. The van der Waals surface area contributed by atoms with Crippen LogP contribution in [0.25, 0.3) is 0 Å². The van der Waals surface area contributed by atoms with Crippen LogP contribution in [0.5, 0.6) is 0 Å². The largest absolute Gasteiger partial charge is 0.382 e. The number of rotatable bonds is 68. The summed E-state index contributed by atoms with van der Waals surface area (Å²) in [6.45, 7) is 9.33. The van der Waals surface area contributed by atoms with E-state index in [-0.39, 0.29) is 242 Å². The molecule has 0 unspecified atom stereocenters. The standard InChI is InChI=1S/C59H113N13O22/c1-70(22-6-50(73)68-20-28-71(24-8-52(75)60-12-16-64-56(79)46-91-42-38-87-34-30-83-2)25-9-53(76)61-13-17-65-57(80)47-92-43-39-88-35-31-84-3)23-7-51(74)69-21-29-72(26-10-54(77)62-14-18-66-58(81)48-93-44-40-89-36-32-85-4)27-11-55(78)63-15-19-67-59(82)49-94-45-41-90-37-33-86-5/h6-49H2,1-5H3,(H,60,75)(H,61,76)(H,62,77)(H,63,78)(H,64,79)(H,65,80)(H,66,81)(H,67,82)(H,68,73)(H,69,74). The van der Waals surface area contributed by atoms with E-state index in [9.17, 15) is 47.9 Å². The van der Waals surface area contributed by atoms with Gasteiger partial charge < -0.3 is 125 Å². The van der Waals surface area contributed by atoms with Crippen LogP contribution in [0.3, 0.4) is 0 Å². The average molecular weight is 1360 g/mol. The summed E-state index contributed by atoms with van der Waals surface area (Å²) in [6, 6.07) is 0. The number of hydrogen-bond acceptors (Lipinski definition) is 25. The van der Waals surface area contributed by atoms with E-state index < -0.39 is 0 Å². The van der Waals surface area contributed by atoms with Crippen molar-refractivity contribution < 1.29 is 105 Å². The molecule has 0 aromatic carbocycles. The normalized spacial score (nSPS) is 11.1. The van der Waals surface area contributed by atoms with Crippen LogP contribution in [-0.2, 0) is 105 Å². The van der Waals surface area contributed by atoms with Crippen molar-refractivity contribution in [2.24, 2.45) is 0 Å². The fourth-order valence-corrected chi connectivity index (χ4v) is 7.57. The van der Waals surface area contributed by atoms with Crippen LogP contribution in [-0.4, -0.2) is 359 Å². The molecule has 0 spiro atoms. The van der Waals surface area contributed by atoms with E-state index in [2.05, 4.69) is 53.2 Å². The van der Waals surface area contributed by atoms with Crippen LogP contribution in [0.15, 0.2) is 0 Å². The lowest BCUT2D eigenvalue weighted by Crippen LogP contribution is -2.41. The number of carbonyl (C=O) groups excluding carboxylic acids is 10. The van der Waals surface area contributed by atoms with Gasteiger partial charge in [0.05, 0.1) is 106 Å². The Bertz CT molecular complexity index is 1750. The quantitative estimate of drug-likeness (QED) is 0.0253. The molecule has 0 aliphatic heterocycles. The van der Waals surface area contributed by atoms with Gasteiger partial charge in [-0.25, -0.2) is 0 Å². The lowest BCUT2D eigenvalue weighted by molar-refractivity contribution is -0.127. The van der Waals surface area contributed by atoms with Crippen molar-refractivity contribution in [1.82, 2.24) is 67.9 Å². The zero-order valence-electron chi connectivity index (χ0n) is 56.4. The van der Waals surface area contributed by atoms with Gasteiger partial charge in [0.25, 0.3) is 0 Å². The average Bonchev–Trinajstić information content (AvgIpc) is 3.58. The van der Waals surface area contributed by atoms with Crippen LogP contribution in [0.2, 0.25) is 0 Å². The predicted molar refractivity (Wildman–Crippen MR) is 342 cm³/mol. The molecule has 0 atom stereocenters. The minimum absolute atomic E-state index is 0.0735. The van der Waals surface area contributed by atoms with E-state index in [1.165, 1.54) is 0 Å². The van der Waals surface area contributed by atoms with Gasteiger partial charge in [-0.05, 0) is 7.05 Å². The molecule has 10 amide bonds. The lowest BCUT2D eigenvalue weighted by Gasteiger charge is -2.23. The Morgan fingerprint density at radius 3 is 0.628 bits per heavy atom. The van der Waals surface area contributed by atoms with Crippen molar-refractivity contribution in [2.75, 3.05) is 285 Å². The van der Waals surface area contributed by atoms with Crippen LogP contribution in [0, 0.1) is 0 Å². The number of hydrogen-bond donors (Lipinski definition) is 10. The highest BCUT2D eigenvalue weighted by Crippen LogP contribution is 1.99. The molecule has 546 valence electrons. The van der Waals surface area contributed by atoms with Crippen LogP contribution in [0.1, 0.15) is 38.5 Å². The fraction of sp³-hybridized carbons (Fsp3) is 0.831. The highest BCUT2D eigenvalue weighted by atomic mass is 16.6. The summed E-state index contributed by atoms with van der Waals surface area (Å²) in [5.41, 5.74) is 0. The van der Waals surface area contributed by atoms with Gasteiger partial charge in [0.1, 0.15) is 26.4 Å². The van der Waals surface area contributed by atoms with Gasteiger partial charge in [0, 0.05) is 185 Å². The summed E-state index contributed by atoms with van der Waals surface area (Å²) < 4.78 is 61.9. The molecular formula is C59H113N13O22. The Balaban J connectivity index is 5.14. The lowest BCUT2D eigenvalue weighted by atomic mass is 10.3. The maximum Gasteiger partial charge on any atom is 0.246 e. The summed E-state index contributed by atoms with van der Waals surface area (Å²) in [4.78, 5) is 131. The molecular weight excluding hydrogens is 1240 g/mol. The third-order valence-electron chi connectivity index (χ3n) is 12.8. The third kappa shape index (κ3) is 62.2. The van der Waals surface area contributed by atoms with Gasteiger partial charge >= 0.3 is 0 Å². The first kappa shape index (κ1) is 88.1. The molecule has 35 heteroatoms. The molecule has 0 fully saturated rings.